The second-order valence-electron chi connectivity index (χ2n) is 4.96. The van der Waals surface area contributed by atoms with E-state index in [-0.39, 0.29) is 10.8 Å². The third-order valence-electron chi connectivity index (χ3n) is 3.03. The number of benzene rings is 2. The van der Waals surface area contributed by atoms with Crippen LogP contribution in [0.2, 0.25) is 5.02 Å². The van der Waals surface area contributed by atoms with Gasteiger partial charge in [0.25, 0.3) is 0 Å². The molecule has 23 heavy (non-hydrogen) atoms. The summed E-state index contributed by atoms with van der Waals surface area (Å²) >= 11 is 9.50. The fraction of sp³-hybridized carbons (Fsp3) is 0.235. The van der Waals surface area contributed by atoms with E-state index in [4.69, 9.17) is 21.1 Å². The Morgan fingerprint density at radius 1 is 1.30 bits per heavy atom. The number of halogens is 2. The molecule has 6 heteroatoms. The lowest BCUT2D eigenvalue weighted by Crippen LogP contribution is -2.06. The highest BCUT2D eigenvalue weighted by Crippen LogP contribution is 2.38. The Balaban J connectivity index is 2.31. The molecule has 2 rings (SSSR count). The quantitative estimate of drug-likeness (QED) is 0.677. The van der Waals surface area contributed by atoms with Crippen molar-refractivity contribution in [3.8, 4) is 17.2 Å². The van der Waals surface area contributed by atoms with Crippen molar-refractivity contribution in [1.29, 1.82) is 0 Å². The summed E-state index contributed by atoms with van der Waals surface area (Å²) in [6, 6.07) is 7.90. The molecule has 0 unspecified atom stereocenters. The maximum Gasteiger partial charge on any atom is 0.338 e. The van der Waals surface area contributed by atoms with Gasteiger partial charge in [-0.2, -0.15) is 0 Å². The van der Waals surface area contributed by atoms with Crippen LogP contribution in [0.25, 0.3) is 0 Å². The molecule has 0 aliphatic rings. The van der Waals surface area contributed by atoms with Crippen molar-refractivity contribution in [2.75, 3.05) is 6.61 Å². The van der Waals surface area contributed by atoms with Crippen LogP contribution in [-0.2, 0) is 4.74 Å². The Bertz CT molecular complexity index is 708. The van der Waals surface area contributed by atoms with Crippen molar-refractivity contribution in [3.05, 3.63) is 51.0 Å². The first-order valence-electron chi connectivity index (χ1n) is 7.06. The van der Waals surface area contributed by atoms with E-state index < -0.39 is 5.97 Å². The molecule has 0 saturated heterocycles. The average Bonchev–Trinajstić information content (AvgIpc) is 2.50. The Kier molecular flexibility index (Phi) is 5.91. The van der Waals surface area contributed by atoms with Crippen LogP contribution in [-0.4, -0.2) is 17.7 Å². The van der Waals surface area contributed by atoms with Gasteiger partial charge in [-0.25, -0.2) is 4.79 Å². The molecular formula is C17H16BrClO4. The summed E-state index contributed by atoms with van der Waals surface area (Å²) in [6.45, 7) is 4.07. The van der Waals surface area contributed by atoms with Gasteiger partial charge < -0.3 is 14.6 Å². The van der Waals surface area contributed by atoms with Gasteiger partial charge in [-0.3, -0.25) is 0 Å². The number of phenols is 1. The zero-order valence-corrected chi connectivity index (χ0v) is 15.1. The van der Waals surface area contributed by atoms with Crippen molar-refractivity contribution < 1.29 is 19.4 Å². The summed E-state index contributed by atoms with van der Waals surface area (Å²) in [5.41, 5.74) is 1.07. The lowest BCUT2D eigenvalue weighted by molar-refractivity contribution is 0.0504. The summed E-state index contributed by atoms with van der Waals surface area (Å²) in [5.74, 6) is 0.518. The normalized spacial score (nSPS) is 10.4. The Morgan fingerprint density at radius 2 is 2.04 bits per heavy atom. The van der Waals surface area contributed by atoms with Gasteiger partial charge in [0.1, 0.15) is 17.2 Å². The molecule has 0 amide bonds. The minimum Gasteiger partial charge on any atom is -0.508 e. The fourth-order valence-electron chi connectivity index (χ4n) is 1.94. The van der Waals surface area contributed by atoms with Crippen LogP contribution in [0.3, 0.4) is 0 Å². The van der Waals surface area contributed by atoms with Crippen molar-refractivity contribution in [2.24, 2.45) is 0 Å². The zero-order chi connectivity index (χ0) is 17.0. The molecule has 0 aliphatic carbocycles. The van der Waals surface area contributed by atoms with E-state index >= 15 is 0 Å². The van der Waals surface area contributed by atoms with Gasteiger partial charge in [-0.15, -0.1) is 0 Å². The second-order valence-corrected chi connectivity index (χ2v) is 6.22. The molecule has 0 radical (unpaired) electrons. The predicted octanol–water partition coefficient (Wildman–Crippen LogP) is 5.48. The number of aryl methyl sites for hydroxylation is 1. The van der Waals surface area contributed by atoms with E-state index in [1.165, 1.54) is 6.07 Å². The van der Waals surface area contributed by atoms with Gasteiger partial charge in [0.2, 0.25) is 0 Å². The topological polar surface area (TPSA) is 55.8 Å². The third kappa shape index (κ3) is 4.39. The maximum atomic E-state index is 11.9. The molecule has 2 aromatic rings. The predicted molar refractivity (Wildman–Crippen MR) is 92.6 cm³/mol. The molecule has 0 aliphatic heterocycles. The first-order chi connectivity index (χ1) is 10.9. The summed E-state index contributed by atoms with van der Waals surface area (Å²) < 4.78 is 11.6. The van der Waals surface area contributed by atoms with Crippen molar-refractivity contribution in [3.63, 3.8) is 0 Å². The summed E-state index contributed by atoms with van der Waals surface area (Å²) in [7, 11) is 0. The molecule has 122 valence electrons. The van der Waals surface area contributed by atoms with E-state index in [1.54, 1.807) is 31.2 Å². The molecule has 2 aromatic carbocycles. The molecule has 0 fully saturated rings. The van der Waals surface area contributed by atoms with E-state index in [0.717, 1.165) is 6.42 Å². The smallest absolute Gasteiger partial charge is 0.338 e. The lowest BCUT2D eigenvalue weighted by atomic mass is 10.2. The molecule has 0 atom stereocenters. The molecule has 1 N–H and O–H groups in total. The van der Waals surface area contributed by atoms with Crippen molar-refractivity contribution in [1.82, 2.24) is 0 Å². The first kappa shape index (κ1) is 17.6. The number of hydrogen-bond acceptors (Lipinski definition) is 4. The van der Waals surface area contributed by atoms with Gasteiger partial charge in [-0.05, 0) is 59.1 Å². The third-order valence-corrected chi connectivity index (χ3v) is 3.97. The van der Waals surface area contributed by atoms with Crippen LogP contribution < -0.4 is 4.74 Å². The van der Waals surface area contributed by atoms with Crippen molar-refractivity contribution in [2.45, 2.75) is 20.3 Å². The van der Waals surface area contributed by atoms with Gasteiger partial charge in [-0.1, -0.05) is 18.5 Å². The van der Waals surface area contributed by atoms with E-state index in [0.29, 0.717) is 33.7 Å². The summed E-state index contributed by atoms with van der Waals surface area (Å²) in [4.78, 5) is 11.9. The highest BCUT2D eigenvalue weighted by atomic mass is 79.9. The van der Waals surface area contributed by atoms with Crippen LogP contribution in [0.5, 0.6) is 17.2 Å². The number of esters is 1. The average molecular weight is 400 g/mol. The fourth-order valence-corrected chi connectivity index (χ4v) is 2.57. The standard InChI is InChI=1S/C17H16BrClO4/c1-3-6-22-17(21)11-4-5-13(18)15(8-11)23-16-10(2)7-12(20)9-14(16)19/h4-5,7-9,20H,3,6H2,1-2H3. The Hall–Kier alpha value is -1.72. The largest absolute Gasteiger partial charge is 0.508 e. The number of aromatic hydroxyl groups is 1. The Labute approximate surface area is 148 Å². The molecule has 0 spiro atoms. The molecule has 0 bridgehead atoms. The first-order valence-corrected chi connectivity index (χ1v) is 8.23. The number of hydrogen-bond donors (Lipinski definition) is 1. The number of carbonyl (C=O) groups excluding carboxylic acids is 1. The lowest BCUT2D eigenvalue weighted by Gasteiger charge is -2.13. The molecule has 4 nitrogen and oxygen atoms in total. The van der Waals surface area contributed by atoms with E-state index in [2.05, 4.69) is 15.9 Å². The highest BCUT2D eigenvalue weighted by Gasteiger charge is 2.14. The van der Waals surface area contributed by atoms with Crippen LogP contribution in [0.15, 0.2) is 34.8 Å². The zero-order valence-electron chi connectivity index (χ0n) is 12.7. The molecule has 0 saturated carbocycles. The highest BCUT2D eigenvalue weighted by molar-refractivity contribution is 9.10. The van der Waals surface area contributed by atoms with E-state index in [1.807, 2.05) is 6.92 Å². The molecule has 0 aromatic heterocycles. The maximum absolute atomic E-state index is 11.9. The van der Waals surface area contributed by atoms with Crippen LogP contribution in [0.1, 0.15) is 29.3 Å². The molecule has 0 heterocycles. The number of carbonyl (C=O) groups is 1. The number of phenolic OH excluding ortho intramolecular Hbond substituents is 1. The number of ether oxygens (including phenoxy) is 2. The van der Waals surface area contributed by atoms with Crippen molar-refractivity contribution >= 4 is 33.5 Å². The summed E-state index contributed by atoms with van der Waals surface area (Å²) in [6.07, 6.45) is 0.758. The minimum absolute atomic E-state index is 0.0656. The SMILES string of the molecule is CCCOC(=O)c1ccc(Br)c(Oc2c(C)cc(O)cc2Cl)c1. The second kappa shape index (κ2) is 7.70. The minimum atomic E-state index is -0.405. The van der Waals surface area contributed by atoms with Crippen LogP contribution >= 0.6 is 27.5 Å². The van der Waals surface area contributed by atoms with Gasteiger partial charge in [0.15, 0.2) is 0 Å². The number of rotatable bonds is 5. The van der Waals surface area contributed by atoms with Gasteiger partial charge >= 0.3 is 5.97 Å². The van der Waals surface area contributed by atoms with Crippen LogP contribution in [0, 0.1) is 6.92 Å². The van der Waals surface area contributed by atoms with E-state index in [9.17, 15) is 9.90 Å². The van der Waals surface area contributed by atoms with Gasteiger partial charge in [0, 0.05) is 6.07 Å². The summed E-state index contributed by atoms with van der Waals surface area (Å²) in [5, 5.41) is 9.81. The van der Waals surface area contributed by atoms with Gasteiger partial charge in [0.05, 0.1) is 21.7 Å². The monoisotopic (exact) mass is 398 g/mol. The van der Waals surface area contributed by atoms with Crippen LogP contribution in [0.4, 0.5) is 0 Å². The Morgan fingerprint density at radius 3 is 2.70 bits per heavy atom. The molecular weight excluding hydrogens is 384 g/mol.